The lowest BCUT2D eigenvalue weighted by molar-refractivity contribution is 0.101. The zero-order valence-electron chi connectivity index (χ0n) is 13.6. The minimum atomic E-state index is -0.548. The van der Waals surface area contributed by atoms with Gasteiger partial charge in [0.2, 0.25) is 0 Å². The van der Waals surface area contributed by atoms with E-state index in [9.17, 15) is 4.79 Å². The van der Waals surface area contributed by atoms with Crippen LogP contribution < -0.4 is 15.8 Å². The summed E-state index contributed by atoms with van der Waals surface area (Å²) in [5.74, 6) is 0.00203. The number of hydrogen-bond acceptors (Lipinski definition) is 8. The van der Waals surface area contributed by atoms with E-state index in [2.05, 4.69) is 30.2 Å². The summed E-state index contributed by atoms with van der Waals surface area (Å²) >= 11 is 12.4. The van der Waals surface area contributed by atoms with Crippen LogP contribution in [-0.4, -0.2) is 33.3 Å². The molecule has 2 aromatic heterocycles. The van der Waals surface area contributed by atoms with Crippen molar-refractivity contribution in [2.45, 2.75) is 6.92 Å². The topological polar surface area (TPSA) is 129 Å². The fraction of sp³-hybridized carbons (Fsp3) is 0.133. The van der Waals surface area contributed by atoms with Crippen molar-refractivity contribution >= 4 is 40.7 Å². The van der Waals surface area contributed by atoms with Crippen LogP contribution in [0.3, 0.4) is 0 Å². The number of rotatable bonds is 4. The molecule has 0 spiro atoms. The highest BCUT2D eigenvalue weighted by atomic mass is 35.5. The monoisotopic (exact) mass is 394 g/mol. The van der Waals surface area contributed by atoms with Gasteiger partial charge in [0, 0.05) is 16.7 Å². The molecule has 2 heterocycles. The van der Waals surface area contributed by atoms with E-state index in [1.165, 1.54) is 13.3 Å². The second kappa shape index (κ2) is 7.14. The van der Waals surface area contributed by atoms with Crippen molar-refractivity contribution in [2.75, 3.05) is 18.2 Å². The lowest BCUT2D eigenvalue weighted by Crippen LogP contribution is -2.15. The Morgan fingerprint density at radius 2 is 2.08 bits per heavy atom. The number of ether oxygens (including phenoxy) is 1. The van der Waals surface area contributed by atoms with Gasteiger partial charge in [-0.1, -0.05) is 28.4 Å². The maximum absolute atomic E-state index is 12.1. The third-order valence-corrected chi connectivity index (χ3v) is 4.00. The number of halogens is 2. The lowest BCUT2D eigenvalue weighted by Gasteiger charge is -2.11. The number of hydrogen-bond donors (Lipinski definition) is 2. The smallest absolute Gasteiger partial charge is 0.281 e. The second-order valence-electron chi connectivity index (χ2n) is 5.11. The van der Waals surface area contributed by atoms with Crippen LogP contribution in [0.5, 0.6) is 5.75 Å². The Labute approximate surface area is 157 Å². The fourth-order valence-corrected chi connectivity index (χ4v) is 2.65. The van der Waals surface area contributed by atoms with E-state index < -0.39 is 5.91 Å². The van der Waals surface area contributed by atoms with Crippen molar-refractivity contribution in [1.29, 1.82) is 0 Å². The van der Waals surface area contributed by atoms with Crippen molar-refractivity contribution in [2.24, 2.45) is 0 Å². The van der Waals surface area contributed by atoms with Gasteiger partial charge in [-0.2, -0.15) is 0 Å². The molecule has 0 aliphatic rings. The minimum absolute atomic E-state index is 0.0390. The second-order valence-corrected chi connectivity index (χ2v) is 5.93. The van der Waals surface area contributed by atoms with Crippen LogP contribution in [0.25, 0.3) is 11.3 Å². The highest BCUT2D eigenvalue weighted by Crippen LogP contribution is 2.39. The first-order chi connectivity index (χ1) is 12.4. The zero-order valence-corrected chi connectivity index (χ0v) is 15.1. The van der Waals surface area contributed by atoms with Gasteiger partial charge in [-0.25, -0.2) is 14.6 Å². The molecule has 11 heteroatoms. The molecule has 0 bridgehead atoms. The Bertz CT molecular complexity index is 992. The van der Waals surface area contributed by atoms with E-state index in [4.69, 9.17) is 33.7 Å². The molecule has 9 nitrogen and oxygen atoms in total. The third-order valence-electron chi connectivity index (χ3n) is 3.39. The molecule has 1 aromatic carbocycles. The summed E-state index contributed by atoms with van der Waals surface area (Å²) in [6.07, 6.45) is 1.33. The van der Waals surface area contributed by atoms with Gasteiger partial charge >= 0.3 is 0 Å². The Morgan fingerprint density at radius 3 is 2.69 bits per heavy atom. The average Bonchev–Trinajstić information content (AvgIpc) is 3.03. The number of methoxy groups -OCH3 is 1. The highest BCUT2D eigenvalue weighted by Gasteiger charge is 2.18. The normalized spacial score (nSPS) is 10.6. The van der Waals surface area contributed by atoms with E-state index in [1.54, 1.807) is 19.1 Å². The van der Waals surface area contributed by atoms with E-state index in [-0.39, 0.29) is 17.3 Å². The van der Waals surface area contributed by atoms with Gasteiger partial charge in [-0.05, 0) is 18.1 Å². The van der Waals surface area contributed by atoms with Gasteiger partial charge in [-0.3, -0.25) is 4.79 Å². The predicted octanol–water partition coefficient (Wildman–Crippen LogP) is 2.98. The predicted molar refractivity (Wildman–Crippen MR) is 95.4 cm³/mol. The zero-order chi connectivity index (χ0) is 18.8. The van der Waals surface area contributed by atoms with Crippen LogP contribution in [0.15, 0.2) is 23.0 Å². The summed E-state index contributed by atoms with van der Waals surface area (Å²) in [5.41, 5.74) is 7.11. The maximum Gasteiger partial charge on any atom is 0.281 e. The molecule has 0 unspecified atom stereocenters. The molecule has 26 heavy (non-hydrogen) atoms. The lowest BCUT2D eigenvalue weighted by atomic mass is 10.1. The molecule has 0 aliphatic heterocycles. The molecular weight excluding hydrogens is 383 g/mol. The molecule has 0 aliphatic carbocycles. The van der Waals surface area contributed by atoms with Gasteiger partial charge in [0.25, 0.3) is 5.91 Å². The van der Waals surface area contributed by atoms with Crippen LogP contribution in [0.4, 0.5) is 11.6 Å². The first-order valence-electron chi connectivity index (χ1n) is 7.17. The van der Waals surface area contributed by atoms with Crippen LogP contribution in [0, 0.1) is 6.92 Å². The Morgan fingerprint density at radius 1 is 1.31 bits per heavy atom. The van der Waals surface area contributed by atoms with Gasteiger partial charge in [0.15, 0.2) is 17.3 Å². The first kappa shape index (κ1) is 17.9. The first-order valence-corrected chi connectivity index (χ1v) is 7.92. The summed E-state index contributed by atoms with van der Waals surface area (Å²) in [6.45, 7) is 1.59. The molecule has 0 saturated heterocycles. The van der Waals surface area contributed by atoms with Crippen molar-refractivity contribution in [3.8, 4) is 17.0 Å². The summed E-state index contributed by atoms with van der Waals surface area (Å²) in [4.78, 5) is 20.4. The summed E-state index contributed by atoms with van der Waals surface area (Å²) in [7, 11) is 1.47. The number of nitrogens with two attached hydrogens (primary N) is 1. The van der Waals surface area contributed by atoms with E-state index in [0.29, 0.717) is 32.7 Å². The van der Waals surface area contributed by atoms with Crippen LogP contribution in [-0.2, 0) is 0 Å². The Balaban J connectivity index is 1.93. The van der Waals surface area contributed by atoms with Crippen molar-refractivity contribution in [1.82, 2.24) is 20.3 Å². The molecular formula is C15H12Cl2N6O3. The molecule has 0 radical (unpaired) electrons. The van der Waals surface area contributed by atoms with E-state index in [1.807, 2.05) is 0 Å². The van der Waals surface area contributed by atoms with Crippen LogP contribution in [0.1, 0.15) is 16.2 Å². The average molecular weight is 395 g/mol. The van der Waals surface area contributed by atoms with Gasteiger partial charge in [0.1, 0.15) is 17.1 Å². The van der Waals surface area contributed by atoms with Crippen molar-refractivity contribution in [3.05, 3.63) is 39.8 Å². The third kappa shape index (κ3) is 3.39. The number of nitrogen functional groups attached to an aromatic ring is 1. The number of amides is 1. The fourth-order valence-electron chi connectivity index (χ4n) is 2.17. The number of aromatic nitrogens is 4. The van der Waals surface area contributed by atoms with E-state index >= 15 is 0 Å². The number of nitrogens with zero attached hydrogens (tertiary/aromatic N) is 4. The molecule has 3 aromatic rings. The largest absolute Gasteiger partial charge is 0.495 e. The number of carbonyl (C=O) groups is 1. The molecule has 0 atom stereocenters. The molecule has 3 N–H and O–H groups in total. The van der Waals surface area contributed by atoms with Crippen LogP contribution >= 0.6 is 23.2 Å². The summed E-state index contributed by atoms with van der Waals surface area (Å²) in [5, 5.41) is 10.3. The van der Waals surface area contributed by atoms with E-state index in [0.717, 1.165) is 0 Å². The van der Waals surface area contributed by atoms with Gasteiger partial charge < -0.3 is 15.8 Å². The number of benzene rings is 1. The maximum atomic E-state index is 12.1. The van der Waals surface area contributed by atoms with Crippen molar-refractivity contribution in [3.63, 3.8) is 0 Å². The summed E-state index contributed by atoms with van der Waals surface area (Å²) < 4.78 is 9.66. The Hall–Kier alpha value is -2.91. The van der Waals surface area contributed by atoms with Crippen LogP contribution in [0.2, 0.25) is 10.0 Å². The quantitative estimate of drug-likeness (QED) is 0.690. The number of anilines is 2. The molecule has 0 saturated carbocycles. The number of nitrogens with one attached hydrogen (secondary N) is 1. The molecule has 134 valence electrons. The number of carbonyl (C=O) groups excluding carboxylic acids is 1. The standard InChI is InChI=1S/C15H12Cl2N6O3/c1-6-12(23-26-22-6)15(24)21-10-5-19-13(14(18)20-10)8-3-7(16)4-9(25-2)11(8)17/h3-5H,1-2H3,(H3,18,20,21,24). The molecule has 3 rings (SSSR count). The van der Waals surface area contributed by atoms with Crippen molar-refractivity contribution < 1.29 is 14.2 Å². The highest BCUT2D eigenvalue weighted by molar-refractivity contribution is 6.36. The minimum Gasteiger partial charge on any atom is -0.495 e. The Kier molecular flexibility index (Phi) is 4.92. The summed E-state index contributed by atoms with van der Waals surface area (Å²) in [6, 6.07) is 3.16. The molecule has 0 fully saturated rings. The van der Waals surface area contributed by atoms with Gasteiger partial charge in [0.05, 0.1) is 18.3 Å². The number of aryl methyl sites for hydroxylation is 1. The molecule has 1 amide bonds. The SMILES string of the molecule is COc1cc(Cl)cc(-c2ncc(NC(=O)c3nonc3C)nc2N)c1Cl. The van der Waals surface area contributed by atoms with Gasteiger partial charge in [-0.15, -0.1) is 0 Å².